The van der Waals surface area contributed by atoms with Gasteiger partial charge in [0.15, 0.2) is 0 Å². The number of carbonyl (C=O) groups excluding carboxylic acids is 2. The van der Waals surface area contributed by atoms with Crippen molar-refractivity contribution in [1.82, 2.24) is 15.6 Å². The van der Waals surface area contributed by atoms with Gasteiger partial charge in [0.1, 0.15) is 24.8 Å². The fourth-order valence-corrected chi connectivity index (χ4v) is 4.92. The van der Waals surface area contributed by atoms with Crippen molar-refractivity contribution in [3.8, 4) is 0 Å². The molecular weight excluding hydrogens is 611 g/mol. The summed E-state index contributed by atoms with van der Waals surface area (Å²) < 4.78 is 75.6. The lowest BCUT2D eigenvalue weighted by Crippen LogP contribution is -2.49. The molecule has 0 spiro atoms. The lowest BCUT2D eigenvalue weighted by Gasteiger charge is -2.30. The minimum absolute atomic E-state index is 0.0325. The molecule has 2 aromatic carbocycles. The number of anilines is 1. The minimum atomic E-state index is -4.54. The summed E-state index contributed by atoms with van der Waals surface area (Å²) in [5, 5.41) is 7.96. The molecule has 0 aliphatic carbocycles. The average Bonchev–Trinajstić information content (AvgIpc) is 2.98. The summed E-state index contributed by atoms with van der Waals surface area (Å²) >= 11 is 6.18. The zero-order valence-electron chi connectivity index (χ0n) is 23.3. The molecule has 2 amide bonds. The highest BCUT2D eigenvalue weighted by Crippen LogP contribution is 2.31. The van der Waals surface area contributed by atoms with Crippen LogP contribution < -0.4 is 16.0 Å². The van der Waals surface area contributed by atoms with E-state index in [-0.39, 0.29) is 43.4 Å². The van der Waals surface area contributed by atoms with Crippen LogP contribution in [0.1, 0.15) is 35.4 Å². The number of carbonyl (C=O) groups is 2. The number of pyridine rings is 1. The number of benzene rings is 2. The highest BCUT2D eigenvalue weighted by Gasteiger charge is 2.29. The number of halogens is 6. The molecule has 0 radical (unpaired) electrons. The third-order valence-electron chi connectivity index (χ3n) is 6.92. The average molecular weight is 641 g/mol. The number of hydrogen-bond acceptors (Lipinski definition) is 6. The van der Waals surface area contributed by atoms with Crippen LogP contribution in [0.3, 0.4) is 0 Å². The third kappa shape index (κ3) is 10.1. The molecule has 3 aromatic rings. The van der Waals surface area contributed by atoms with Gasteiger partial charge in [-0.2, -0.15) is 13.2 Å². The first-order valence-electron chi connectivity index (χ1n) is 13.7. The van der Waals surface area contributed by atoms with E-state index in [1.54, 1.807) is 35.6 Å². The molecule has 0 saturated carbocycles. The molecule has 1 aromatic heterocycles. The second-order valence-electron chi connectivity index (χ2n) is 10.2. The SMILES string of the molecule is O=C(C[C@H](c1ccc(F)cc1)c1cccc(Cl)c1)Nc1cncc(F)c1CC[C@@H]1CN[C@H](COC(=O)NCC(F)(F)F)CO1. The van der Waals surface area contributed by atoms with Crippen LogP contribution in [0.25, 0.3) is 0 Å². The van der Waals surface area contributed by atoms with Crippen LogP contribution in [0.2, 0.25) is 5.02 Å². The van der Waals surface area contributed by atoms with E-state index < -0.39 is 48.3 Å². The Morgan fingerprint density at radius 3 is 2.57 bits per heavy atom. The molecular formula is C30H30ClF5N4O4. The highest BCUT2D eigenvalue weighted by atomic mass is 35.5. The predicted octanol–water partition coefficient (Wildman–Crippen LogP) is 5.75. The summed E-state index contributed by atoms with van der Waals surface area (Å²) in [6.45, 7) is -1.24. The molecule has 44 heavy (non-hydrogen) atoms. The molecule has 1 aliphatic heterocycles. The van der Waals surface area contributed by atoms with Crippen LogP contribution in [0.5, 0.6) is 0 Å². The molecule has 1 saturated heterocycles. The maximum absolute atomic E-state index is 14.9. The van der Waals surface area contributed by atoms with Gasteiger partial charge in [0.2, 0.25) is 5.91 Å². The van der Waals surface area contributed by atoms with Gasteiger partial charge >= 0.3 is 12.3 Å². The van der Waals surface area contributed by atoms with E-state index in [4.69, 9.17) is 21.1 Å². The minimum Gasteiger partial charge on any atom is -0.448 e. The Morgan fingerprint density at radius 1 is 1.11 bits per heavy atom. The largest absolute Gasteiger partial charge is 0.448 e. The van der Waals surface area contributed by atoms with Gasteiger partial charge in [-0.25, -0.2) is 13.6 Å². The maximum atomic E-state index is 14.9. The van der Waals surface area contributed by atoms with E-state index >= 15 is 0 Å². The van der Waals surface area contributed by atoms with E-state index in [9.17, 15) is 31.5 Å². The Kier molecular flexibility index (Phi) is 11.5. The quantitative estimate of drug-likeness (QED) is 0.231. The van der Waals surface area contributed by atoms with Crippen LogP contribution in [0.4, 0.5) is 32.4 Å². The van der Waals surface area contributed by atoms with Crippen LogP contribution in [-0.4, -0.2) is 61.6 Å². The van der Waals surface area contributed by atoms with Gasteiger partial charge in [-0.3, -0.25) is 9.78 Å². The van der Waals surface area contributed by atoms with Crippen molar-refractivity contribution in [2.45, 2.75) is 43.5 Å². The first-order valence-corrected chi connectivity index (χ1v) is 14.1. The molecule has 3 atom stereocenters. The second-order valence-corrected chi connectivity index (χ2v) is 10.7. The first kappa shape index (κ1) is 33.1. The predicted molar refractivity (Wildman–Crippen MR) is 152 cm³/mol. The Balaban J connectivity index is 1.32. The number of alkyl carbamates (subject to hydrolysis) is 1. The van der Waals surface area contributed by atoms with Gasteiger partial charge < -0.3 is 25.4 Å². The summed E-state index contributed by atoms with van der Waals surface area (Å²) in [5.41, 5.74) is 1.90. The summed E-state index contributed by atoms with van der Waals surface area (Å²) in [6, 6.07) is 12.4. The maximum Gasteiger partial charge on any atom is 0.407 e. The van der Waals surface area contributed by atoms with Crippen LogP contribution >= 0.6 is 11.6 Å². The molecule has 3 N–H and O–H groups in total. The number of nitrogens with one attached hydrogen (secondary N) is 3. The van der Waals surface area contributed by atoms with E-state index in [1.807, 2.05) is 6.07 Å². The van der Waals surface area contributed by atoms with Crippen LogP contribution in [0.15, 0.2) is 60.9 Å². The van der Waals surface area contributed by atoms with Crippen molar-refractivity contribution in [3.05, 3.63) is 94.3 Å². The molecule has 0 bridgehead atoms. The number of aromatic nitrogens is 1. The summed E-state index contributed by atoms with van der Waals surface area (Å²) in [7, 11) is 0. The van der Waals surface area contributed by atoms with Gasteiger partial charge in [-0.15, -0.1) is 0 Å². The summed E-state index contributed by atoms with van der Waals surface area (Å²) in [4.78, 5) is 28.5. The monoisotopic (exact) mass is 640 g/mol. The fraction of sp³-hybridized carbons (Fsp3) is 0.367. The van der Waals surface area contributed by atoms with Gasteiger partial charge in [-0.05, 0) is 48.2 Å². The fourth-order valence-electron chi connectivity index (χ4n) is 4.72. The van der Waals surface area contributed by atoms with E-state index in [0.29, 0.717) is 23.6 Å². The topological polar surface area (TPSA) is 102 Å². The number of nitrogens with zero attached hydrogens (tertiary/aromatic N) is 1. The molecule has 1 aliphatic rings. The van der Waals surface area contributed by atoms with Crippen molar-refractivity contribution in [3.63, 3.8) is 0 Å². The van der Waals surface area contributed by atoms with Crippen molar-refractivity contribution >= 4 is 29.3 Å². The number of hydrogen-bond donors (Lipinski definition) is 3. The second kappa shape index (κ2) is 15.3. The Morgan fingerprint density at radius 2 is 1.89 bits per heavy atom. The molecule has 0 unspecified atom stereocenters. The number of ether oxygens (including phenoxy) is 2. The Hall–Kier alpha value is -3.81. The molecule has 2 heterocycles. The summed E-state index contributed by atoms with van der Waals surface area (Å²) in [5.74, 6) is -1.88. The van der Waals surface area contributed by atoms with Gasteiger partial charge in [0.05, 0.1) is 36.8 Å². The van der Waals surface area contributed by atoms with Crippen molar-refractivity contribution in [2.24, 2.45) is 0 Å². The van der Waals surface area contributed by atoms with E-state index in [2.05, 4.69) is 15.6 Å². The van der Waals surface area contributed by atoms with Gasteiger partial charge in [0, 0.05) is 29.5 Å². The Bertz CT molecular complexity index is 1420. The lowest BCUT2D eigenvalue weighted by molar-refractivity contribution is -0.124. The number of morpholine rings is 1. The van der Waals surface area contributed by atoms with Gasteiger partial charge in [0.25, 0.3) is 0 Å². The van der Waals surface area contributed by atoms with Crippen LogP contribution in [0, 0.1) is 11.6 Å². The molecule has 14 heteroatoms. The number of amides is 2. The Labute approximate surface area is 255 Å². The van der Waals surface area contributed by atoms with Crippen molar-refractivity contribution in [1.29, 1.82) is 0 Å². The normalized spacial score (nSPS) is 17.5. The smallest absolute Gasteiger partial charge is 0.407 e. The van der Waals surface area contributed by atoms with Gasteiger partial charge in [-0.1, -0.05) is 35.9 Å². The molecule has 4 rings (SSSR count). The zero-order valence-corrected chi connectivity index (χ0v) is 24.1. The molecule has 8 nitrogen and oxygen atoms in total. The standard InChI is InChI=1S/C30H30ClF5N4O4/c31-20-3-1-2-19(10-20)25(18-4-6-21(32)7-5-18)11-28(41)40-27-14-37-13-26(33)24(27)9-8-23-12-38-22(15-43-23)16-44-29(42)39-17-30(34,35)36/h1-7,10,13-14,22-23,25,38H,8-9,11-12,15-17H2,(H,39,42)(H,40,41)/t22-,23+,25+/m0/s1. The van der Waals surface area contributed by atoms with Crippen LogP contribution in [-0.2, 0) is 20.7 Å². The van der Waals surface area contributed by atoms with E-state index in [1.165, 1.54) is 18.3 Å². The lowest BCUT2D eigenvalue weighted by atomic mass is 9.88. The van der Waals surface area contributed by atoms with Crippen molar-refractivity contribution < 1.29 is 41.0 Å². The molecule has 1 fully saturated rings. The first-order chi connectivity index (χ1) is 21.0. The number of rotatable bonds is 11. The highest BCUT2D eigenvalue weighted by molar-refractivity contribution is 6.30. The molecule has 236 valence electrons. The summed E-state index contributed by atoms with van der Waals surface area (Å²) in [6.07, 6.45) is -3.12. The number of alkyl halides is 3. The third-order valence-corrected chi connectivity index (χ3v) is 7.16. The zero-order chi connectivity index (χ0) is 31.7. The van der Waals surface area contributed by atoms with Crippen molar-refractivity contribution in [2.75, 3.05) is 31.6 Å². The van der Waals surface area contributed by atoms with E-state index in [0.717, 1.165) is 11.8 Å².